The lowest BCUT2D eigenvalue weighted by atomic mass is 10.0. The Morgan fingerprint density at radius 2 is 1.78 bits per heavy atom. The number of hydrogen-bond donors (Lipinski definition) is 0. The van der Waals surface area contributed by atoms with Crippen molar-refractivity contribution in [1.29, 1.82) is 0 Å². The summed E-state index contributed by atoms with van der Waals surface area (Å²) in [4.78, 5) is 0. The summed E-state index contributed by atoms with van der Waals surface area (Å²) in [7, 11) is 1.55. The van der Waals surface area contributed by atoms with Crippen LogP contribution in [0.1, 0.15) is 52.3 Å². The summed E-state index contributed by atoms with van der Waals surface area (Å²) in [6.07, 6.45) is 1.80. The predicted octanol–water partition coefficient (Wildman–Crippen LogP) is 2.77. The fourth-order valence-corrected chi connectivity index (χ4v) is 2.89. The molecule has 1 rings (SSSR count). The molecule has 1 aromatic heterocycles. The van der Waals surface area contributed by atoms with Crippen LogP contribution in [-0.2, 0) is 15.6 Å². The summed E-state index contributed by atoms with van der Waals surface area (Å²) < 4.78 is 24.6. The summed E-state index contributed by atoms with van der Waals surface area (Å²) in [5.74, 6) is 1.22. The molecule has 0 amide bonds. The van der Waals surface area contributed by atoms with E-state index in [4.69, 9.17) is 10.7 Å². The van der Waals surface area contributed by atoms with Crippen molar-refractivity contribution in [2.75, 3.05) is 0 Å². The van der Waals surface area contributed by atoms with Crippen LogP contribution in [0.2, 0.25) is 0 Å². The highest BCUT2D eigenvalue weighted by Gasteiger charge is 2.25. The average Bonchev–Trinajstić information content (AvgIpc) is 2.63. The monoisotopic (exact) mass is 293 g/mol. The van der Waals surface area contributed by atoms with Crippen LogP contribution < -0.4 is 0 Å². The summed E-state index contributed by atoms with van der Waals surface area (Å²) >= 11 is 0. The van der Waals surface area contributed by atoms with Crippen molar-refractivity contribution in [2.24, 2.45) is 5.92 Å². The number of halogens is 1. The van der Waals surface area contributed by atoms with Gasteiger partial charge in [-0.15, -0.1) is 10.2 Å². The third kappa shape index (κ3) is 3.45. The first kappa shape index (κ1) is 15.4. The normalized spacial score (nSPS) is 12.6. The molecule has 18 heavy (non-hydrogen) atoms. The molecule has 0 radical (unpaired) electrons. The maximum atomic E-state index is 11.5. The van der Waals surface area contributed by atoms with Gasteiger partial charge in [-0.2, -0.15) is 0 Å². The van der Waals surface area contributed by atoms with Crippen molar-refractivity contribution >= 4 is 19.7 Å². The van der Waals surface area contributed by atoms with E-state index in [9.17, 15) is 8.42 Å². The van der Waals surface area contributed by atoms with Gasteiger partial charge in [-0.1, -0.05) is 27.7 Å². The van der Waals surface area contributed by atoms with E-state index in [1.54, 1.807) is 4.57 Å². The first-order valence-electron chi connectivity index (χ1n) is 6.18. The van der Waals surface area contributed by atoms with Crippen LogP contribution >= 0.6 is 10.7 Å². The van der Waals surface area contributed by atoms with Gasteiger partial charge in [0.25, 0.3) is 14.2 Å². The molecule has 0 aliphatic heterocycles. The van der Waals surface area contributed by atoms with Crippen molar-refractivity contribution in [3.05, 3.63) is 5.82 Å². The lowest BCUT2D eigenvalue weighted by molar-refractivity contribution is 0.450. The third-order valence-electron chi connectivity index (χ3n) is 2.86. The minimum absolute atomic E-state index is 0.139. The molecule has 0 saturated heterocycles. The SMILES string of the molecule is CCC(CC)c1nnc(S(=O)(=O)Cl)n1CC(C)C. The molecule has 0 atom stereocenters. The molecule has 0 fully saturated rings. The predicted molar refractivity (Wildman–Crippen MR) is 71.2 cm³/mol. The molecule has 1 aromatic rings. The molecule has 0 aliphatic rings. The molecule has 1 heterocycles. The van der Waals surface area contributed by atoms with Gasteiger partial charge >= 0.3 is 0 Å². The molecule has 0 N–H and O–H groups in total. The van der Waals surface area contributed by atoms with Gasteiger partial charge in [0.2, 0.25) is 0 Å². The van der Waals surface area contributed by atoms with E-state index >= 15 is 0 Å². The van der Waals surface area contributed by atoms with Crippen LogP contribution in [0.3, 0.4) is 0 Å². The minimum Gasteiger partial charge on any atom is -0.300 e. The summed E-state index contributed by atoms with van der Waals surface area (Å²) in [5, 5.41) is 7.64. The van der Waals surface area contributed by atoms with Crippen molar-refractivity contribution in [1.82, 2.24) is 14.8 Å². The van der Waals surface area contributed by atoms with Crippen molar-refractivity contribution in [2.45, 2.75) is 58.2 Å². The second kappa shape index (κ2) is 6.02. The zero-order valence-electron chi connectivity index (χ0n) is 11.2. The van der Waals surface area contributed by atoms with Gasteiger partial charge in [-0.3, -0.25) is 0 Å². The van der Waals surface area contributed by atoms with Gasteiger partial charge < -0.3 is 4.57 Å². The average molecular weight is 294 g/mol. The summed E-state index contributed by atoms with van der Waals surface area (Å²) in [6.45, 7) is 8.69. The Morgan fingerprint density at radius 3 is 2.17 bits per heavy atom. The first-order chi connectivity index (χ1) is 8.31. The van der Waals surface area contributed by atoms with Crippen LogP contribution in [0.4, 0.5) is 0 Å². The Kier molecular flexibility index (Phi) is 5.16. The van der Waals surface area contributed by atoms with Gasteiger partial charge in [0, 0.05) is 23.1 Å². The van der Waals surface area contributed by atoms with Gasteiger partial charge in [0.15, 0.2) is 0 Å². The van der Waals surface area contributed by atoms with Gasteiger partial charge in [-0.05, 0) is 18.8 Å². The lowest BCUT2D eigenvalue weighted by Gasteiger charge is -2.16. The second-order valence-corrected chi connectivity index (χ2v) is 7.26. The molecule has 0 aromatic carbocycles. The number of aromatic nitrogens is 3. The molecular weight excluding hydrogens is 274 g/mol. The van der Waals surface area contributed by atoms with Crippen LogP contribution in [0.5, 0.6) is 0 Å². The number of rotatable bonds is 6. The molecular formula is C11H20ClN3O2S. The van der Waals surface area contributed by atoms with Crippen LogP contribution in [0.25, 0.3) is 0 Å². The van der Waals surface area contributed by atoms with E-state index in [-0.39, 0.29) is 11.1 Å². The van der Waals surface area contributed by atoms with Crippen molar-refractivity contribution in [3.63, 3.8) is 0 Å². The van der Waals surface area contributed by atoms with E-state index in [0.29, 0.717) is 18.3 Å². The Hall–Kier alpha value is -0.620. The third-order valence-corrected chi connectivity index (χ3v) is 4.01. The molecule has 0 aliphatic carbocycles. The second-order valence-electron chi connectivity index (χ2n) is 4.80. The Labute approximate surface area is 113 Å². The van der Waals surface area contributed by atoms with Gasteiger partial charge in [-0.25, -0.2) is 8.42 Å². The summed E-state index contributed by atoms with van der Waals surface area (Å²) in [5.41, 5.74) is 0. The molecule has 7 heteroatoms. The van der Waals surface area contributed by atoms with Gasteiger partial charge in [0.05, 0.1) is 0 Å². The molecule has 104 valence electrons. The highest BCUT2D eigenvalue weighted by atomic mass is 35.7. The largest absolute Gasteiger partial charge is 0.300 e. The smallest absolute Gasteiger partial charge is 0.296 e. The number of nitrogens with zero attached hydrogens (tertiary/aromatic N) is 3. The van der Waals surface area contributed by atoms with E-state index in [0.717, 1.165) is 12.8 Å². The van der Waals surface area contributed by atoms with E-state index in [1.165, 1.54) is 0 Å². The maximum absolute atomic E-state index is 11.5. The van der Waals surface area contributed by atoms with Gasteiger partial charge in [0.1, 0.15) is 5.82 Å². The molecule has 0 unspecified atom stereocenters. The molecule has 0 saturated carbocycles. The number of hydrogen-bond acceptors (Lipinski definition) is 4. The zero-order valence-corrected chi connectivity index (χ0v) is 12.8. The highest BCUT2D eigenvalue weighted by Crippen LogP contribution is 2.25. The van der Waals surface area contributed by atoms with Crippen LogP contribution in [0, 0.1) is 5.92 Å². The Balaban J connectivity index is 3.32. The maximum Gasteiger partial charge on any atom is 0.296 e. The standard InChI is InChI=1S/C11H20ClN3O2S/c1-5-9(6-2)10-13-14-11(18(12,16)17)15(10)7-8(3)4/h8-9H,5-7H2,1-4H3. The first-order valence-corrected chi connectivity index (χ1v) is 8.49. The summed E-state index contributed by atoms with van der Waals surface area (Å²) in [6, 6.07) is 0. The minimum atomic E-state index is -3.85. The fourth-order valence-electron chi connectivity index (χ4n) is 1.97. The zero-order chi connectivity index (χ0) is 13.9. The van der Waals surface area contributed by atoms with Crippen LogP contribution in [-0.4, -0.2) is 23.2 Å². The topological polar surface area (TPSA) is 64.8 Å². The molecule has 0 bridgehead atoms. The highest BCUT2D eigenvalue weighted by molar-refractivity contribution is 8.13. The lowest BCUT2D eigenvalue weighted by Crippen LogP contribution is -2.15. The fraction of sp³-hybridized carbons (Fsp3) is 0.818. The van der Waals surface area contributed by atoms with Crippen molar-refractivity contribution < 1.29 is 8.42 Å². The van der Waals surface area contributed by atoms with E-state index < -0.39 is 9.05 Å². The quantitative estimate of drug-likeness (QED) is 0.757. The van der Waals surface area contributed by atoms with E-state index in [2.05, 4.69) is 24.0 Å². The van der Waals surface area contributed by atoms with Crippen LogP contribution in [0.15, 0.2) is 5.16 Å². The Morgan fingerprint density at radius 1 is 1.22 bits per heavy atom. The Bertz CT molecular complexity index is 492. The van der Waals surface area contributed by atoms with Crippen molar-refractivity contribution in [3.8, 4) is 0 Å². The molecule has 0 spiro atoms. The molecule has 5 nitrogen and oxygen atoms in total. The van der Waals surface area contributed by atoms with E-state index in [1.807, 2.05) is 13.8 Å².